The van der Waals surface area contributed by atoms with Gasteiger partial charge in [-0.2, -0.15) is 25.5 Å². The molecule has 0 unspecified atom stereocenters. The van der Waals surface area contributed by atoms with E-state index in [0.29, 0.717) is 6.04 Å². The van der Waals surface area contributed by atoms with E-state index in [9.17, 15) is 0 Å². The number of anilines is 1. The molecule has 3 N–H and O–H groups in total. The summed E-state index contributed by atoms with van der Waals surface area (Å²) in [7, 11) is 1.92. The number of hydrogen-bond donors (Lipinski definition) is 3. The number of allylic oxidation sites excluding steroid dienone is 5. The molecule has 10 heterocycles. The first-order valence-electron chi connectivity index (χ1n) is 52.8. The molecule has 0 saturated heterocycles. The molecule has 0 radical (unpaired) electrons. The average Bonchev–Trinajstić information content (AvgIpc) is 1.66. The SMILES string of the molecule is C(CCCCCc1ncnc2[nH]ncc12)=C(c1ccccc1)c1ccccc1.C(CCCCCc1ncnc2c1cnn2Cc1ccccc1)=C(c1ccccc1)c1ccccc1.C(CCCNc1ncnc2[nH]ncc12)=C(c1ccccc1)c1ccccc1.CC(C)n1ncc2c(CCCCCC=C(c3ccccc3)c3ccccc3)ncnc21.Cn1ncc2c(CCCCCC=C(c3ccccc3)c3ccccc3)ncnc21. The highest BCUT2D eigenvalue weighted by Gasteiger charge is 2.18. The summed E-state index contributed by atoms with van der Waals surface area (Å²) < 4.78 is 5.75. The summed E-state index contributed by atoms with van der Waals surface area (Å²) in [6.45, 7) is 5.81. The van der Waals surface area contributed by atoms with Gasteiger partial charge >= 0.3 is 0 Å². The molecule has 0 fully saturated rings. The molecule has 0 atom stereocenters. The molecule has 10 aromatic heterocycles. The predicted molar refractivity (Wildman–Crippen MR) is 612 cm³/mol. The zero-order valence-electron chi connectivity index (χ0n) is 86.0. The van der Waals surface area contributed by atoms with E-state index in [0.717, 1.165) is 200 Å². The zero-order chi connectivity index (χ0) is 102. The van der Waals surface area contributed by atoms with E-state index in [1.807, 2.05) is 59.4 Å². The van der Waals surface area contributed by atoms with Gasteiger partial charge in [-0.05, 0) is 218 Å². The lowest BCUT2D eigenvalue weighted by molar-refractivity contribution is 0.546. The third-order valence-corrected chi connectivity index (χ3v) is 26.6. The van der Waals surface area contributed by atoms with Gasteiger partial charge in [-0.1, -0.05) is 390 Å². The number of aryl methyl sites for hydroxylation is 5. The van der Waals surface area contributed by atoms with Crippen molar-refractivity contribution in [3.05, 3.63) is 511 Å². The van der Waals surface area contributed by atoms with Crippen LogP contribution < -0.4 is 5.32 Å². The number of nitrogens with one attached hydrogen (secondary N) is 3. The molecule has 0 aliphatic rings. The van der Waals surface area contributed by atoms with Gasteiger partial charge in [0, 0.05) is 19.6 Å². The van der Waals surface area contributed by atoms with Gasteiger partial charge in [-0.15, -0.1) is 0 Å². The highest BCUT2D eigenvalue weighted by Crippen LogP contribution is 2.33. The number of aromatic amines is 2. The van der Waals surface area contributed by atoms with Gasteiger partial charge in [0.1, 0.15) is 37.5 Å². The second-order valence-corrected chi connectivity index (χ2v) is 37.4. The fourth-order valence-corrected chi connectivity index (χ4v) is 18.8. The number of rotatable bonds is 42. The second-order valence-electron chi connectivity index (χ2n) is 37.4. The third-order valence-electron chi connectivity index (χ3n) is 26.6. The fourth-order valence-electron chi connectivity index (χ4n) is 18.8. The van der Waals surface area contributed by atoms with Gasteiger partial charge in [-0.3, -0.25) is 14.9 Å². The minimum atomic E-state index is 0.301. The number of nitrogens with zero attached hydrogens (tertiary/aromatic N) is 18. The summed E-state index contributed by atoms with van der Waals surface area (Å²) in [4.78, 5) is 43.9. The van der Waals surface area contributed by atoms with Crippen molar-refractivity contribution in [3.8, 4) is 0 Å². The van der Waals surface area contributed by atoms with Crippen molar-refractivity contribution in [2.24, 2.45) is 7.05 Å². The fraction of sp³-hybridized carbons (Fsp3) is 0.217. The third kappa shape index (κ3) is 29.8. The largest absolute Gasteiger partial charge is 0.369 e. The van der Waals surface area contributed by atoms with Crippen LogP contribution in [0.15, 0.2) is 427 Å². The number of hydrogen-bond acceptors (Lipinski definition) is 16. The Labute approximate surface area is 880 Å². The molecule has 21 nitrogen and oxygen atoms in total. The Kier molecular flexibility index (Phi) is 39.1. The maximum atomic E-state index is 4.59. The maximum absolute atomic E-state index is 4.59. The Morgan fingerprint density at radius 2 is 0.547 bits per heavy atom. The summed E-state index contributed by atoms with van der Waals surface area (Å²) in [5.41, 5.74) is 29.2. The number of unbranched alkanes of at least 4 members (excludes halogenated alkanes) is 13. The summed E-state index contributed by atoms with van der Waals surface area (Å²) >= 11 is 0. The lowest BCUT2D eigenvalue weighted by Crippen LogP contribution is -2.04. The van der Waals surface area contributed by atoms with Crippen LogP contribution in [0.2, 0.25) is 0 Å². The Hall–Kier alpha value is -17.3. The predicted octanol–water partition coefficient (Wildman–Crippen LogP) is 29.6. The lowest BCUT2D eigenvalue weighted by Gasteiger charge is -2.09. The van der Waals surface area contributed by atoms with Crippen molar-refractivity contribution in [2.45, 2.75) is 168 Å². The van der Waals surface area contributed by atoms with E-state index in [-0.39, 0.29) is 0 Å². The average molecular weight is 1980 g/mol. The Morgan fingerprint density at radius 1 is 0.267 bits per heavy atom. The topological polar surface area (TPSA) is 252 Å². The van der Waals surface area contributed by atoms with Gasteiger partial charge in [0.25, 0.3) is 0 Å². The van der Waals surface area contributed by atoms with Gasteiger partial charge in [0.05, 0.1) is 87.2 Å². The Morgan fingerprint density at radius 3 is 0.907 bits per heavy atom. The van der Waals surface area contributed by atoms with E-state index >= 15 is 0 Å². The summed E-state index contributed by atoms with van der Waals surface area (Å²) in [6, 6.07) is 117. The van der Waals surface area contributed by atoms with Crippen LogP contribution in [0.4, 0.5) is 5.82 Å². The first-order chi connectivity index (χ1) is 74.3. The molecule has 0 bridgehead atoms. The van der Waals surface area contributed by atoms with Crippen molar-refractivity contribution in [3.63, 3.8) is 0 Å². The first-order valence-corrected chi connectivity index (χ1v) is 52.8. The summed E-state index contributed by atoms with van der Waals surface area (Å²) in [5, 5.41) is 35.8. The van der Waals surface area contributed by atoms with Gasteiger partial charge < -0.3 is 5.32 Å². The molecule has 21 aromatic rings. The molecule has 752 valence electrons. The van der Waals surface area contributed by atoms with E-state index in [1.165, 1.54) is 128 Å². The molecule has 21 rings (SSSR count). The Bertz CT molecular complexity index is 7580. The monoisotopic (exact) mass is 1970 g/mol. The van der Waals surface area contributed by atoms with E-state index in [1.54, 1.807) is 42.5 Å². The van der Waals surface area contributed by atoms with E-state index in [2.05, 4.69) is 451 Å². The van der Waals surface area contributed by atoms with E-state index < -0.39 is 0 Å². The van der Waals surface area contributed by atoms with Crippen molar-refractivity contribution in [1.82, 2.24) is 99.6 Å². The smallest absolute Gasteiger partial charge is 0.161 e. The molecule has 0 saturated carbocycles. The minimum Gasteiger partial charge on any atom is -0.369 e. The van der Waals surface area contributed by atoms with Gasteiger partial charge in [0.15, 0.2) is 28.2 Å². The molecule has 11 aromatic carbocycles. The molecular weight excluding hydrogens is 1840 g/mol. The lowest BCUT2D eigenvalue weighted by atomic mass is 9.96. The van der Waals surface area contributed by atoms with Crippen LogP contribution >= 0.6 is 0 Å². The minimum absolute atomic E-state index is 0.301. The van der Waals surface area contributed by atoms with Crippen molar-refractivity contribution >= 4 is 88.9 Å². The zero-order valence-corrected chi connectivity index (χ0v) is 86.0. The van der Waals surface area contributed by atoms with Crippen LogP contribution in [0.25, 0.3) is 83.0 Å². The van der Waals surface area contributed by atoms with Crippen molar-refractivity contribution in [1.29, 1.82) is 0 Å². The highest BCUT2D eigenvalue weighted by molar-refractivity contribution is 5.87. The quantitative estimate of drug-likeness (QED) is 0.0301. The summed E-state index contributed by atoms with van der Waals surface area (Å²) in [5.74, 6) is 0.823. The molecule has 150 heavy (non-hydrogen) atoms. The van der Waals surface area contributed by atoms with Gasteiger partial charge in [-0.25, -0.2) is 59.2 Å². The highest BCUT2D eigenvalue weighted by atomic mass is 15.3. The number of H-pyrrole nitrogens is 2. The van der Waals surface area contributed by atoms with Crippen molar-refractivity contribution < 1.29 is 0 Å². The van der Waals surface area contributed by atoms with Crippen LogP contribution in [-0.4, -0.2) is 106 Å². The number of benzene rings is 11. The molecule has 0 spiro atoms. The Balaban J connectivity index is 0.000000128. The van der Waals surface area contributed by atoms with Crippen molar-refractivity contribution in [2.75, 3.05) is 11.9 Å². The van der Waals surface area contributed by atoms with Crippen LogP contribution in [-0.2, 0) is 39.3 Å². The second kappa shape index (κ2) is 56.4. The van der Waals surface area contributed by atoms with Crippen LogP contribution in [0.5, 0.6) is 0 Å². The molecule has 0 amide bonds. The number of fused-ring (bicyclic) bond motifs is 5. The normalized spacial score (nSPS) is 10.9. The summed E-state index contributed by atoms with van der Waals surface area (Å²) in [6.07, 6.45) is 53.3. The molecule has 21 heteroatoms. The van der Waals surface area contributed by atoms with E-state index in [4.69, 9.17) is 0 Å². The number of aromatic nitrogens is 20. The van der Waals surface area contributed by atoms with Crippen LogP contribution in [0.1, 0.15) is 219 Å². The molecular formula is C129H131N21. The first kappa shape index (κ1) is 104. The van der Waals surface area contributed by atoms with Crippen LogP contribution in [0.3, 0.4) is 0 Å². The van der Waals surface area contributed by atoms with Crippen LogP contribution in [0, 0.1) is 0 Å². The van der Waals surface area contributed by atoms with Gasteiger partial charge in [0.2, 0.25) is 0 Å². The molecule has 0 aliphatic heterocycles. The molecule has 0 aliphatic carbocycles. The maximum Gasteiger partial charge on any atom is 0.161 e. The standard InChI is InChI=1S/C31H30N4.C27H30N4.C25H26N4.C24H24N4.C22H21N5/c1(12-20-28(26-16-8-4-9-17-26)27-18-10-5-11-19-27)2-13-21-30-29-22-34-35(31(29)33-24-32-30)23-25-14-6-3-7-15-25;1-21(2)31-27-25(19-30-31)26(28-20-29-27)18-12-4-3-11-17-24(22-13-7-5-8-14-22)23-15-9-6-10-16-23;1-29-25-23(18-28-29)24(26-19-27-25)17-11-3-2-10-16-22(20-12-6-4-7-13-20)21-14-8-5-9-15-21;1(2-10-16-23-22-17-27-28-24(22)26-18-25-23)9-15-21(19-11-5-3-6-12-19)20-13-7-4-8-14-20;1-3-9-17(10-4-1)19(18-11-5-2-6-12-18)13-7-8-14-23-21-20-15-26-27-22(20)25-16-24-21/h3-11,14-20,22,24H,1-2,12-13,21,23H2;5-10,13-17,19-21H,3-4,11-12,18H2,1-2H3;4-9,12-16,18-19H,2-3,10-11,17H2,1H3;3-8,11-15,17-18H,1-2,9-10,16H2,(H,25,26,27,28);1-6,9-13,15-16H,7-8,14H2,(H2,23,24,25,26,27).